The number of halogens is 2. The van der Waals surface area contributed by atoms with E-state index >= 15 is 0 Å². The van der Waals surface area contributed by atoms with E-state index in [1.165, 1.54) is 18.6 Å². The van der Waals surface area contributed by atoms with Crippen molar-refractivity contribution in [1.82, 2.24) is 15.0 Å². The summed E-state index contributed by atoms with van der Waals surface area (Å²) in [6.07, 6.45) is 3.45. The minimum atomic E-state index is -3.92. The standard InChI is InChI=1S/C16H12F2N4O2S/c17-16(18)11-1-4-14(5-2-11)25(23,24)22-15-6-3-12(9-21-15)13-7-19-10-20-8-13/h1-10,16H,(H,21,22). The second-order valence-corrected chi connectivity index (χ2v) is 6.72. The predicted molar refractivity (Wildman–Crippen MR) is 87.5 cm³/mol. The van der Waals surface area contributed by atoms with Gasteiger partial charge in [-0.3, -0.25) is 4.72 Å². The Hall–Kier alpha value is -2.94. The second kappa shape index (κ2) is 6.89. The van der Waals surface area contributed by atoms with Crippen molar-refractivity contribution in [1.29, 1.82) is 0 Å². The lowest BCUT2D eigenvalue weighted by Gasteiger charge is -2.09. The summed E-state index contributed by atoms with van der Waals surface area (Å²) in [5.41, 5.74) is 1.23. The SMILES string of the molecule is O=S(=O)(Nc1ccc(-c2cncnc2)cn1)c1ccc(C(F)F)cc1. The van der Waals surface area contributed by atoms with E-state index in [2.05, 4.69) is 19.7 Å². The van der Waals surface area contributed by atoms with Crippen LogP contribution in [0, 0.1) is 0 Å². The zero-order valence-electron chi connectivity index (χ0n) is 12.7. The lowest BCUT2D eigenvalue weighted by molar-refractivity contribution is 0.151. The minimum Gasteiger partial charge on any atom is -0.263 e. The van der Waals surface area contributed by atoms with Crippen molar-refractivity contribution in [3.8, 4) is 11.1 Å². The Morgan fingerprint density at radius 1 is 0.880 bits per heavy atom. The number of anilines is 1. The van der Waals surface area contributed by atoms with Gasteiger partial charge in [0.2, 0.25) is 0 Å². The lowest BCUT2D eigenvalue weighted by Crippen LogP contribution is -2.13. The van der Waals surface area contributed by atoms with Gasteiger partial charge in [-0.2, -0.15) is 0 Å². The summed E-state index contributed by atoms with van der Waals surface area (Å²) < 4.78 is 51.9. The molecule has 0 aliphatic heterocycles. The molecule has 0 saturated carbocycles. The number of sulfonamides is 1. The highest BCUT2D eigenvalue weighted by atomic mass is 32.2. The molecule has 2 heterocycles. The maximum atomic E-state index is 12.5. The van der Waals surface area contributed by atoms with E-state index in [1.54, 1.807) is 18.5 Å². The number of alkyl halides is 2. The highest BCUT2D eigenvalue weighted by Crippen LogP contribution is 2.22. The molecule has 3 rings (SSSR count). The van der Waals surface area contributed by atoms with Gasteiger partial charge >= 0.3 is 0 Å². The van der Waals surface area contributed by atoms with Crippen molar-refractivity contribution in [2.45, 2.75) is 11.3 Å². The Morgan fingerprint density at radius 2 is 1.56 bits per heavy atom. The van der Waals surface area contributed by atoms with Crippen LogP contribution in [0.3, 0.4) is 0 Å². The molecule has 0 unspecified atom stereocenters. The second-order valence-electron chi connectivity index (χ2n) is 5.03. The molecule has 0 aliphatic carbocycles. The molecular formula is C16H12F2N4O2S. The molecule has 0 spiro atoms. The Bertz CT molecular complexity index is 948. The van der Waals surface area contributed by atoms with Gasteiger partial charge in [0.25, 0.3) is 16.4 Å². The summed E-state index contributed by atoms with van der Waals surface area (Å²) in [5, 5.41) is 0. The third-order valence-corrected chi connectivity index (χ3v) is 4.71. The van der Waals surface area contributed by atoms with Crippen LogP contribution in [0.15, 0.2) is 66.2 Å². The van der Waals surface area contributed by atoms with E-state index in [1.807, 2.05) is 0 Å². The van der Waals surface area contributed by atoms with Crippen LogP contribution in [0.1, 0.15) is 12.0 Å². The average molecular weight is 362 g/mol. The Kier molecular flexibility index (Phi) is 4.66. The molecule has 25 heavy (non-hydrogen) atoms. The predicted octanol–water partition coefficient (Wildman–Crippen LogP) is 3.28. The van der Waals surface area contributed by atoms with Crippen LogP contribution in [-0.2, 0) is 10.0 Å². The Morgan fingerprint density at radius 3 is 2.12 bits per heavy atom. The Balaban J connectivity index is 1.79. The highest BCUT2D eigenvalue weighted by molar-refractivity contribution is 7.92. The molecule has 0 amide bonds. The summed E-state index contributed by atoms with van der Waals surface area (Å²) >= 11 is 0. The van der Waals surface area contributed by atoms with Crippen LogP contribution in [0.25, 0.3) is 11.1 Å². The van der Waals surface area contributed by atoms with Crippen LogP contribution < -0.4 is 4.72 Å². The Labute approximate surface area is 142 Å². The van der Waals surface area contributed by atoms with Gasteiger partial charge < -0.3 is 0 Å². The largest absolute Gasteiger partial charge is 0.263 e. The summed E-state index contributed by atoms with van der Waals surface area (Å²) in [6, 6.07) is 7.56. The number of rotatable bonds is 5. The van der Waals surface area contributed by atoms with E-state index in [-0.39, 0.29) is 16.3 Å². The summed E-state index contributed by atoms with van der Waals surface area (Å²) in [7, 11) is -3.92. The smallest absolute Gasteiger partial charge is 0.263 e. The highest BCUT2D eigenvalue weighted by Gasteiger charge is 2.16. The van der Waals surface area contributed by atoms with Crippen molar-refractivity contribution in [3.05, 3.63) is 66.9 Å². The van der Waals surface area contributed by atoms with E-state index < -0.39 is 16.4 Å². The van der Waals surface area contributed by atoms with Gasteiger partial charge in [-0.25, -0.2) is 32.2 Å². The topological polar surface area (TPSA) is 84.8 Å². The fraction of sp³-hybridized carbons (Fsp3) is 0.0625. The molecule has 2 aromatic heterocycles. The molecule has 0 atom stereocenters. The molecule has 3 aromatic rings. The first-order valence-electron chi connectivity index (χ1n) is 7.08. The maximum absolute atomic E-state index is 12.5. The summed E-state index contributed by atoms with van der Waals surface area (Å²) in [6.45, 7) is 0. The number of benzene rings is 1. The van der Waals surface area contributed by atoms with Crippen molar-refractivity contribution in [3.63, 3.8) is 0 Å². The number of hydrogen-bond donors (Lipinski definition) is 1. The summed E-state index contributed by atoms with van der Waals surface area (Å²) in [4.78, 5) is 11.7. The minimum absolute atomic E-state index is 0.110. The first kappa shape index (κ1) is 16.9. The number of nitrogens with one attached hydrogen (secondary N) is 1. The fourth-order valence-electron chi connectivity index (χ4n) is 2.06. The third-order valence-electron chi connectivity index (χ3n) is 3.34. The monoisotopic (exact) mass is 362 g/mol. The van der Waals surface area contributed by atoms with Gasteiger partial charge in [0.1, 0.15) is 12.1 Å². The molecule has 0 bridgehead atoms. The zero-order valence-corrected chi connectivity index (χ0v) is 13.5. The van der Waals surface area contributed by atoms with E-state index in [9.17, 15) is 17.2 Å². The van der Waals surface area contributed by atoms with Crippen LogP contribution >= 0.6 is 0 Å². The average Bonchev–Trinajstić information content (AvgIpc) is 2.63. The van der Waals surface area contributed by atoms with Crippen LogP contribution in [-0.4, -0.2) is 23.4 Å². The zero-order chi connectivity index (χ0) is 17.9. The van der Waals surface area contributed by atoms with E-state index in [0.717, 1.165) is 35.4 Å². The van der Waals surface area contributed by atoms with Gasteiger partial charge in [0.15, 0.2) is 0 Å². The molecule has 0 radical (unpaired) electrons. The number of aromatic nitrogens is 3. The molecule has 6 nitrogen and oxygen atoms in total. The molecule has 0 saturated heterocycles. The maximum Gasteiger partial charge on any atom is 0.263 e. The lowest BCUT2D eigenvalue weighted by atomic mass is 10.1. The third kappa shape index (κ3) is 3.94. The molecule has 1 N–H and O–H groups in total. The van der Waals surface area contributed by atoms with E-state index in [0.29, 0.717) is 0 Å². The molecule has 0 fully saturated rings. The van der Waals surface area contributed by atoms with Crippen LogP contribution in [0.2, 0.25) is 0 Å². The first-order chi connectivity index (χ1) is 12.0. The van der Waals surface area contributed by atoms with Crippen LogP contribution in [0.5, 0.6) is 0 Å². The molecule has 0 aliphatic rings. The fourth-order valence-corrected chi connectivity index (χ4v) is 3.07. The van der Waals surface area contributed by atoms with Gasteiger partial charge in [-0.05, 0) is 24.3 Å². The van der Waals surface area contributed by atoms with Crippen molar-refractivity contribution >= 4 is 15.8 Å². The molecule has 9 heteroatoms. The first-order valence-corrected chi connectivity index (χ1v) is 8.56. The van der Waals surface area contributed by atoms with Gasteiger partial charge in [-0.1, -0.05) is 12.1 Å². The summed E-state index contributed by atoms with van der Waals surface area (Å²) in [5.74, 6) is 0.110. The number of nitrogens with zero attached hydrogens (tertiary/aromatic N) is 3. The van der Waals surface area contributed by atoms with Gasteiger partial charge in [0.05, 0.1) is 4.90 Å². The quantitative estimate of drug-likeness (QED) is 0.753. The van der Waals surface area contributed by atoms with Crippen molar-refractivity contribution in [2.24, 2.45) is 0 Å². The van der Waals surface area contributed by atoms with Crippen molar-refractivity contribution < 1.29 is 17.2 Å². The molecule has 128 valence electrons. The van der Waals surface area contributed by atoms with E-state index in [4.69, 9.17) is 0 Å². The number of pyridine rings is 1. The van der Waals surface area contributed by atoms with Crippen molar-refractivity contribution in [2.75, 3.05) is 4.72 Å². The molecule has 1 aromatic carbocycles. The number of hydrogen-bond acceptors (Lipinski definition) is 5. The van der Waals surface area contributed by atoms with Gasteiger partial charge in [-0.15, -0.1) is 0 Å². The normalized spacial score (nSPS) is 11.5. The van der Waals surface area contributed by atoms with Crippen LogP contribution in [0.4, 0.5) is 14.6 Å². The molecular weight excluding hydrogens is 350 g/mol. The van der Waals surface area contributed by atoms with Gasteiger partial charge in [0, 0.05) is 35.3 Å².